The predicted molar refractivity (Wildman–Crippen MR) is 124 cm³/mol. The Bertz CT molecular complexity index is 997. The third kappa shape index (κ3) is 4.02. The maximum absolute atomic E-state index is 13.6. The molecule has 0 aromatic carbocycles. The highest BCUT2D eigenvalue weighted by Gasteiger charge is 2.71. The van der Waals surface area contributed by atoms with Gasteiger partial charge in [-0.3, -0.25) is 24.0 Å². The van der Waals surface area contributed by atoms with E-state index in [1.807, 2.05) is 6.92 Å². The summed E-state index contributed by atoms with van der Waals surface area (Å²) >= 11 is 0. The molecule has 3 fully saturated rings. The van der Waals surface area contributed by atoms with Crippen molar-refractivity contribution in [3.8, 4) is 0 Å². The fourth-order valence-corrected chi connectivity index (χ4v) is 8.17. The molecule has 0 N–H and O–H groups in total. The summed E-state index contributed by atoms with van der Waals surface area (Å²) in [6.07, 6.45) is 5.44. The first-order valence-electron chi connectivity index (χ1n) is 12.6. The second-order valence-corrected chi connectivity index (χ2v) is 11.3. The lowest BCUT2D eigenvalue weighted by molar-refractivity contribution is -0.208. The zero-order valence-electron chi connectivity index (χ0n) is 21.3. The summed E-state index contributed by atoms with van der Waals surface area (Å²) in [5.74, 6) is -1.64. The maximum Gasteiger partial charge on any atom is 0.303 e. The fraction of sp³-hybridized carbons (Fsp3) is 0.741. The molecule has 4 rings (SSSR count). The third-order valence-corrected chi connectivity index (χ3v) is 9.49. The highest BCUT2D eigenvalue weighted by Crippen LogP contribution is 2.68. The summed E-state index contributed by atoms with van der Waals surface area (Å²) in [5.41, 5.74) is -1.39. The van der Waals surface area contributed by atoms with E-state index in [1.54, 1.807) is 6.08 Å². The van der Waals surface area contributed by atoms with E-state index in [0.29, 0.717) is 32.1 Å². The average molecular weight is 489 g/mol. The molecule has 0 bridgehead atoms. The Morgan fingerprint density at radius 2 is 1.69 bits per heavy atom. The van der Waals surface area contributed by atoms with Crippen LogP contribution in [0.2, 0.25) is 0 Å². The molecule has 0 amide bonds. The lowest BCUT2D eigenvalue weighted by Crippen LogP contribution is -2.63. The van der Waals surface area contributed by atoms with Crippen molar-refractivity contribution >= 4 is 29.5 Å². The zero-order valence-corrected chi connectivity index (χ0v) is 21.3. The second kappa shape index (κ2) is 8.86. The smallest absolute Gasteiger partial charge is 0.303 e. The van der Waals surface area contributed by atoms with Gasteiger partial charge in [0.25, 0.3) is 0 Å². The second-order valence-electron chi connectivity index (χ2n) is 11.3. The normalized spacial score (nSPS) is 39.9. The maximum atomic E-state index is 13.6. The van der Waals surface area contributed by atoms with Crippen LogP contribution in [0.15, 0.2) is 11.6 Å². The molecule has 0 heterocycles. The summed E-state index contributed by atoms with van der Waals surface area (Å²) in [5, 5.41) is 0. The molecule has 0 aliphatic heterocycles. The Balaban J connectivity index is 1.79. The van der Waals surface area contributed by atoms with Gasteiger partial charge in [-0.2, -0.15) is 0 Å². The van der Waals surface area contributed by atoms with Crippen molar-refractivity contribution in [1.29, 1.82) is 0 Å². The molecule has 0 radical (unpaired) electrons. The van der Waals surface area contributed by atoms with E-state index in [-0.39, 0.29) is 29.0 Å². The van der Waals surface area contributed by atoms with Crippen LogP contribution in [0.3, 0.4) is 0 Å². The summed E-state index contributed by atoms with van der Waals surface area (Å²) in [7, 11) is 0. The molecule has 8 heteroatoms. The molecule has 0 aromatic rings. The van der Waals surface area contributed by atoms with E-state index in [1.165, 1.54) is 20.8 Å². The molecule has 0 unspecified atom stereocenters. The van der Waals surface area contributed by atoms with Gasteiger partial charge in [-0.15, -0.1) is 0 Å². The minimum absolute atomic E-state index is 0.00859. The number of rotatable bonds is 5. The van der Waals surface area contributed by atoms with Gasteiger partial charge in [-0.25, -0.2) is 0 Å². The summed E-state index contributed by atoms with van der Waals surface area (Å²) in [4.78, 5) is 61.7. The minimum atomic E-state index is -1.46. The topological polar surface area (TPSA) is 113 Å². The van der Waals surface area contributed by atoms with E-state index in [4.69, 9.17) is 14.2 Å². The van der Waals surface area contributed by atoms with Crippen LogP contribution in [0.25, 0.3) is 0 Å². The van der Waals surface area contributed by atoms with E-state index < -0.39 is 47.4 Å². The van der Waals surface area contributed by atoms with Crippen molar-refractivity contribution in [3.63, 3.8) is 0 Å². The van der Waals surface area contributed by atoms with E-state index in [9.17, 15) is 24.0 Å². The van der Waals surface area contributed by atoms with Gasteiger partial charge in [-0.1, -0.05) is 19.4 Å². The van der Waals surface area contributed by atoms with Crippen LogP contribution < -0.4 is 0 Å². The molecular weight excluding hydrogens is 452 g/mol. The first-order valence-corrected chi connectivity index (χ1v) is 12.6. The average Bonchev–Trinajstić information content (AvgIpc) is 3.04. The molecule has 7 atom stereocenters. The van der Waals surface area contributed by atoms with Crippen LogP contribution in [0.1, 0.15) is 79.6 Å². The summed E-state index contributed by atoms with van der Waals surface area (Å²) in [6, 6.07) is 0. The molecular formula is C27H36O8. The molecule has 8 nitrogen and oxygen atoms in total. The number of hydrogen-bond donors (Lipinski definition) is 0. The fourth-order valence-electron chi connectivity index (χ4n) is 8.17. The lowest BCUT2D eigenvalue weighted by atomic mass is 9.45. The number of ketones is 2. The Morgan fingerprint density at radius 1 is 0.971 bits per heavy atom. The standard InChI is InChI=1S/C27H36O8/c1-15(28)33-14-23(32)27(35-17(3)30)11-9-21-20-7-6-18-12-19(31)8-10-25(18,4)24(20)22(34-16(2)29)13-26(21,27)5/h12,20-22,24H,6-11,13-14H2,1-5H3/t20-,21-,22-,24+,25+,26-,27-/m1/s1. The first kappa shape index (κ1) is 25.6. The monoisotopic (exact) mass is 488 g/mol. The van der Waals surface area contributed by atoms with E-state index in [0.717, 1.165) is 18.4 Å². The largest absolute Gasteiger partial charge is 0.462 e. The van der Waals surface area contributed by atoms with Crippen molar-refractivity contribution < 1.29 is 38.2 Å². The minimum Gasteiger partial charge on any atom is -0.462 e. The highest BCUT2D eigenvalue weighted by atomic mass is 16.6. The molecule has 192 valence electrons. The number of fused-ring (bicyclic) bond motifs is 5. The van der Waals surface area contributed by atoms with Gasteiger partial charge in [0.1, 0.15) is 6.10 Å². The number of carbonyl (C=O) groups excluding carboxylic acids is 5. The molecule has 4 aliphatic carbocycles. The quantitative estimate of drug-likeness (QED) is 0.427. The SMILES string of the molecule is CC(=O)OCC(=O)[C@]1(OC(C)=O)CC[C@@H]2[C@H]3CCC4=CC(=O)CC[C@]4(C)[C@@H]3[C@H](OC(C)=O)C[C@]21C. The van der Waals surface area contributed by atoms with Crippen LogP contribution in [0, 0.1) is 28.6 Å². The summed E-state index contributed by atoms with van der Waals surface area (Å²) in [6.45, 7) is 7.57. The molecule has 4 aliphatic rings. The van der Waals surface area contributed by atoms with Crippen LogP contribution in [0.5, 0.6) is 0 Å². The van der Waals surface area contributed by atoms with Crippen LogP contribution in [-0.2, 0) is 38.2 Å². The van der Waals surface area contributed by atoms with E-state index >= 15 is 0 Å². The molecule has 0 aromatic heterocycles. The third-order valence-electron chi connectivity index (χ3n) is 9.49. The molecule has 0 saturated heterocycles. The Kier molecular flexibility index (Phi) is 6.47. The van der Waals surface area contributed by atoms with Crippen molar-refractivity contribution in [2.45, 2.75) is 91.3 Å². The highest BCUT2D eigenvalue weighted by molar-refractivity contribution is 5.93. The molecule has 0 spiro atoms. The van der Waals surface area contributed by atoms with Crippen molar-refractivity contribution in [2.24, 2.45) is 28.6 Å². The van der Waals surface area contributed by atoms with Crippen molar-refractivity contribution in [1.82, 2.24) is 0 Å². The Morgan fingerprint density at radius 3 is 2.31 bits per heavy atom. The van der Waals surface area contributed by atoms with Gasteiger partial charge < -0.3 is 14.2 Å². The van der Waals surface area contributed by atoms with Gasteiger partial charge in [-0.05, 0) is 61.9 Å². The van der Waals surface area contributed by atoms with Crippen molar-refractivity contribution in [2.75, 3.05) is 6.61 Å². The molecule has 35 heavy (non-hydrogen) atoms. The van der Waals surface area contributed by atoms with Crippen LogP contribution >= 0.6 is 0 Å². The van der Waals surface area contributed by atoms with Crippen LogP contribution in [0.4, 0.5) is 0 Å². The zero-order chi connectivity index (χ0) is 25.8. The number of esters is 3. The number of allylic oxidation sites excluding steroid dienone is 1. The van der Waals surface area contributed by atoms with Crippen LogP contribution in [-0.4, -0.2) is 47.8 Å². The van der Waals surface area contributed by atoms with E-state index in [2.05, 4.69) is 6.92 Å². The number of ether oxygens (including phenoxy) is 3. The lowest BCUT2D eigenvalue weighted by Gasteiger charge is -2.61. The Labute approximate surface area is 206 Å². The van der Waals surface area contributed by atoms with Gasteiger partial charge in [0.05, 0.1) is 0 Å². The van der Waals surface area contributed by atoms with Gasteiger partial charge >= 0.3 is 17.9 Å². The first-order chi connectivity index (χ1) is 16.3. The predicted octanol–water partition coefficient (Wildman–Crippen LogP) is 3.49. The van der Waals surface area contributed by atoms with Gasteiger partial charge in [0, 0.05) is 38.5 Å². The van der Waals surface area contributed by atoms with Gasteiger partial charge in [0.15, 0.2) is 18.0 Å². The number of Topliss-reactive ketones (excluding diaryl/α,β-unsaturated/α-hetero) is 1. The number of carbonyl (C=O) groups is 5. The number of hydrogen-bond acceptors (Lipinski definition) is 8. The Hall–Kier alpha value is -2.51. The van der Waals surface area contributed by atoms with Crippen molar-refractivity contribution in [3.05, 3.63) is 11.6 Å². The molecule has 3 saturated carbocycles. The summed E-state index contributed by atoms with van der Waals surface area (Å²) < 4.78 is 16.9. The van der Waals surface area contributed by atoms with Gasteiger partial charge in [0.2, 0.25) is 5.78 Å².